The van der Waals surface area contributed by atoms with E-state index in [-0.39, 0.29) is 17.4 Å². The lowest BCUT2D eigenvalue weighted by Crippen LogP contribution is -2.22. The molecule has 0 bridgehead atoms. The van der Waals surface area contributed by atoms with Gasteiger partial charge < -0.3 is 10.0 Å². The number of hydrogen-bond acceptors (Lipinski definition) is 4. The van der Waals surface area contributed by atoms with Gasteiger partial charge in [0.05, 0.1) is 10.6 Å². The van der Waals surface area contributed by atoms with Gasteiger partial charge in [-0.05, 0) is 24.6 Å². The second-order valence-electron chi connectivity index (χ2n) is 4.44. The van der Waals surface area contributed by atoms with Crippen LogP contribution in [0.4, 0.5) is 10.1 Å². The maximum Gasteiger partial charge on any atom is 0.238 e. The van der Waals surface area contributed by atoms with Crippen molar-refractivity contribution in [3.8, 4) is 0 Å². The minimum atomic E-state index is -3.88. The molecular formula is C11H15FN2O3S. The van der Waals surface area contributed by atoms with E-state index in [9.17, 15) is 12.8 Å². The number of primary sulfonamides is 1. The molecule has 3 N–H and O–H groups in total. The maximum absolute atomic E-state index is 13.8. The number of aliphatic hydroxyl groups excluding tert-OH is 1. The van der Waals surface area contributed by atoms with Crippen molar-refractivity contribution in [3.63, 3.8) is 0 Å². The van der Waals surface area contributed by atoms with Crippen LogP contribution in [0.3, 0.4) is 0 Å². The van der Waals surface area contributed by atoms with Crippen molar-refractivity contribution in [2.45, 2.75) is 11.3 Å². The Morgan fingerprint density at radius 3 is 2.72 bits per heavy atom. The molecule has 0 radical (unpaired) electrons. The summed E-state index contributed by atoms with van der Waals surface area (Å²) in [6.07, 6.45) is 0.798. The van der Waals surface area contributed by atoms with Crippen LogP contribution in [0, 0.1) is 11.7 Å². The highest BCUT2D eigenvalue weighted by Gasteiger charge is 2.24. The number of aliphatic hydroxyl groups is 1. The molecule has 100 valence electrons. The van der Waals surface area contributed by atoms with Crippen molar-refractivity contribution in [1.29, 1.82) is 0 Å². The zero-order chi connectivity index (χ0) is 13.3. The molecule has 1 aliphatic rings. The Hall–Kier alpha value is -1.18. The summed E-state index contributed by atoms with van der Waals surface area (Å²) in [5, 5.41) is 14.0. The van der Waals surface area contributed by atoms with Crippen molar-refractivity contribution in [1.82, 2.24) is 0 Å². The first-order valence-corrected chi connectivity index (χ1v) is 7.14. The zero-order valence-corrected chi connectivity index (χ0v) is 10.5. The first-order valence-electron chi connectivity index (χ1n) is 5.60. The number of benzene rings is 1. The van der Waals surface area contributed by atoms with Crippen molar-refractivity contribution >= 4 is 15.7 Å². The lowest BCUT2D eigenvalue weighted by atomic mass is 10.1. The molecule has 0 spiro atoms. The van der Waals surface area contributed by atoms with Gasteiger partial charge in [0.1, 0.15) is 5.82 Å². The summed E-state index contributed by atoms with van der Waals surface area (Å²) in [4.78, 5) is 1.56. The van der Waals surface area contributed by atoms with Gasteiger partial charge in [-0.15, -0.1) is 0 Å². The van der Waals surface area contributed by atoms with E-state index in [4.69, 9.17) is 10.2 Å². The molecule has 1 aliphatic heterocycles. The number of rotatable bonds is 3. The Balaban J connectivity index is 2.26. The highest BCUT2D eigenvalue weighted by Crippen LogP contribution is 2.27. The van der Waals surface area contributed by atoms with Crippen LogP contribution in [0.15, 0.2) is 23.1 Å². The molecule has 1 unspecified atom stereocenters. The fourth-order valence-corrected chi connectivity index (χ4v) is 2.65. The fourth-order valence-electron chi connectivity index (χ4n) is 2.12. The average molecular weight is 274 g/mol. The number of anilines is 1. The summed E-state index contributed by atoms with van der Waals surface area (Å²) in [5.74, 6) is -0.470. The smallest absolute Gasteiger partial charge is 0.238 e. The van der Waals surface area contributed by atoms with Crippen molar-refractivity contribution < 1.29 is 17.9 Å². The Bertz CT molecular complexity index is 547. The lowest BCUT2D eigenvalue weighted by Gasteiger charge is -2.19. The third-order valence-electron chi connectivity index (χ3n) is 3.13. The van der Waals surface area contributed by atoms with Gasteiger partial charge in [0.2, 0.25) is 10.0 Å². The molecule has 0 saturated carbocycles. The Kier molecular flexibility index (Phi) is 3.56. The normalized spacial score (nSPS) is 20.4. The summed E-state index contributed by atoms with van der Waals surface area (Å²) < 4.78 is 36.0. The summed E-state index contributed by atoms with van der Waals surface area (Å²) in [6.45, 7) is 1.30. The molecule has 7 heteroatoms. The third kappa shape index (κ3) is 2.63. The van der Waals surface area contributed by atoms with E-state index < -0.39 is 15.8 Å². The topological polar surface area (TPSA) is 83.6 Å². The van der Waals surface area contributed by atoms with Crippen LogP contribution >= 0.6 is 0 Å². The molecule has 1 aromatic rings. The monoisotopic (exact) mass is 274 g/mol. The lowest BCUT2D eigenvalue weighted by molar-refractivity contribution is 0.238. The molecule has 2 rings (SSSR count). The van der Waals surface area contributed by atoms with Crippen LogP contribution in [0.1, 0.15) is 6.42 Å². The minimum Gasteiger partial charge on any atom is -0.396 e. The highest BCUT2D eigenvalue weighted by atomic mass is 32.2. The average Bonchev–Trinajstić information content (AvgIpc) is 2.76. The predicted octanol–water partition coefficient (Wildman–Crippen LogP) is 0.292. The molecule has 5 nitrogen and oxygen atoms in total. The van der Waals surface area contributed by atoms with Gasteiger partial charge in [-0.2, -0.15) is 0 Å². The largest absolute Gasteiger partial charge is 0.396 e. The molecule has 1 aromatic carbocycles. The van der Waals surface area contributed by atoms with Crippen molar-refractivity contribution in [3.05, 3.63) is 24.0 Å². The first kappa shape index (κ1) is 13.3. The van der Waals surface area contributed by atoms with Crippen LogP contribution in [0.5, 0.6) is 0 Å². The van der Waals surface area contributed by atoms with Crippen LogP contribution in [0.2, 0.25) is 0 Å². The van der Waals surface area contributed by atoms with E-state index >= 15 is 0 Å². The standard InChI is InChI=1S/C11H15FN2O3S/c12-10-5-9(18(13,16)17)1-2-11(10)14-4-3-8(6-14)7-15/h1-2,5,8,15H,3-4,6-7H2,(H2,13,16,17). The highest BCUT2D eigenvalue weighted by molar-refractivity contribution is 7.89. The van der Waals surface area contributed by atoms with Gasteiger partial charge in [0.25, 0.3) is 0 Å². The molecule has 18 heavy (non-hydrogen) atoms. The predicted molar refractivity (Wildman–Crippen MR) is 65.2 cm³/mol. The van der Waals surface area contributed by atoms with E-state index in [2.05, 4.69) is 0 Å². The molecule has 1 heterocycles. The number of nitrogens with zero attached hydrogens (tertiary/aromatic N) is 1. The molecule has 1 saturated heterocycles. The molecule has 1 atom stereocenters. The summed E-state index contributed by atoms with van der Waals surface area (Å²) in [7, 11) is -3.88. The maximum atomic E-state index is 13.8. The van der Waals surface area contributed by atoms with E-state index in [1.165, 1.54) is 12.1 Å². The quantitative estimate of drug-likeness (QED) is 0.830. The Morgan fingerprint density at radius 2 is 2.22 bits per heavy atom. The summed E-state index contributed by atoms with van der Waals surface area (Å²) in [6, 6.07) is 3.63. The second kappa shape index (κ2) is 4.83. The molecule has 0 aromatic heterocycles. The molecule has 1 fully saturated rings. The molecular weight excluding hydrogens is 259 g/mol. The van der Waals surface area contributed by atoms with Crippen LogP contribution in [0.25, 0.3) is 0 Å². The van der Waals surface area contributed by atoms with E-state index in [0.717, 1.165) is 12.5 Å². The van der Waals surface area contributed by atoms with Gasteiger partial charge in [0, 0.05) is 25.6 Å². The van der Waals surface area contributed by atoms with E-state index in [1.54, 1.807) is 4.90 Å². The van der Waals surface area contributed by atoms with Gasteiger partial charge in [-0.25, -0.2) is 17.9 Å². The van der Waals surface area contributed by atoms with Gasteiger partial charge in [-0.1, -0.05) is 0 Å². The van der Waals surface area contributed by atoms with E-state index in [0.29, 0.717) is 18.8 Å². The van der Waals surface area contributed by atoms with E-state index in [1.807, 2.05) is 0 Å². The number of nitrogens with two attached hydrogens (primary N) is 1. The summed E-state index contributed by atoms with van der Waals surface area (Å²) in [5.41, 5.74) is 0.346. The zero-order valence-electron chi connectivity index (χ0n) is 9.71. The Morgan fingerprint density at radius 1 is 1.50 bits per heavy atom. The number of halogens is 1. The van der Waals surface area contributed by atoms with Crippen molar-refractivity contribution in [2.75, 3.05) is 24.6 Å². The van der Waals surface area contributed by atoms with Gasteiger partial charge in [-0.3, -0.25) is 0 Å². The van der Waals surface area contributed by atoms with Crippen LogP contribution in [-0.2, 0) is 10.0 Å². The minimum absolute atomic E-state index is 0.0768. The summed E-state index contributed by atoms with van der Waals surface area (Å²) >= 11 is 0. The van der Waals surface area contributed by atoms with Gasteiger partial charge >= 0.3 is 0 Å². The molecule has 0 aliphatic carbocycles. The van der Waals surface area contributed by atoms with Gasteiger partial charge in [0.15, 0.2) is 0 Å². The van der Waals surface area contributed by atoms with Crippen LogP contribution in [-0.4, -0.2) is 33.2 Å². The van der Waals surface area contributed by atoms with Crippen LogP contribution < -0.4 is 10.0 Å². The number of hydrogen-bond donors (Lipinski definition) is 2. The first-order chi connectivity index (χ1) is 8.41. The van der Waals surface area contributed by atoms with Crippen molar-refractivity contribution in [2.24, 2.45) is 11.1 Å². The third-order valence-corrected chi connectivity index (χ3v) is 4.04. The number of sulfonamides is 1. The SMILES string of the molecule is NS(=O)(=O)c1ccc(N2CCC(CO)C2)c(F)c1. The molecule has 0 amide bonds. The fraction of sp³-hybridized carbons (Fsp3) is 0.455. The Labute approximate surface area is 105 Å². The second-order valence-corrected chi connectivity index (χ2v) is 6.00.